The highest BCUT2D eigenvalue weighted by Crippen LogP contribution is 2.27. The minimum atomic E-state index is 0.399. The molecular weight excluding hydrogens is 262 g/mol. The first kappa shape index (κ1) is 16.8. The molecule has 2 aliphatic rings. The van der Waals surface area contributed by atoms with E-state index < -0.39 is 0 Å². The molecule has 2 fully saturated rings. The van der Waals surface area contributed by atoms with Gasteiger partial charge in [0.1, 0.15) is 0 Å². The van der Waals surface area contributed by atoms with Crippen LogP contribution in [0, 0.1) is 11.8 Å². The van der Waals surface area contributed by atoms with Crippen LogP contribution < -0.4 is 5.73 Å². The van der Waals surface area contributed by atoms with Crippen LogP contribution in [0.25, 0.3) is 0 Å². The van der Waals surface area contributed by atoms with E-state index >= 15 is 0 Å². The summed E-state index contributed by atoms with van der Waals surface area (Å²) in [4.78, 5) is 17.1. The molecule has 0 aromatic heterocycles. The Morgan fingerprint density at radius 3 is 2.57 bits per heavy atom. The number of hydrogen-bond donors (Lipinski definition) is 1. The summed E-state index contributed by atoms with van der Waals surface area (Å²) < 4.78 is 0. The molecule has 1 unspecified atom stereocenters. The van der Waals surface area contributed by atoms with Gasteiger partial charge in [0.15, 0.2) is 0 Å². The second-order valence-corrected chi connectivity index (χ2v) is 7.08. The third kappa shape index (κ3) is 5.59. The molecule has 2 rings (SSSR count). The molecule has 4 nitrogen and oxygen atoms in total. The number of nitrogens with two attached hydrogens (primary N) is 1. The first-order valence-electron chi connectivity index (χ1n) is 8.89. The van der Waals surface area contributed by atoms with Gasteiger partial charge in [-0.05, 0) is 44.2 Å². The van der Waals surface area contributed by atoms with Crippen molar-refractivity contribution in [3.05, 3.63) is 0 Å². The van der Waals surface area contributed by atoms with Gasteiger partial charge in [0, 0.05) is 32.6 Å². The zero-order valence-corrected chi connectivity index (χ0v) is 13.7. The van der Waals surface area contributed by atoms with Gasteiger partial charge in [0.25, 0.3) is 0 Å². The van der Waals surface area contributed by atoms with E-state index in [9.17, 15) is 4.79 Å². The van der Waals surface area contributed by atoms with E-state index in [2.05, 4.69) is 16.7 Å². The Morgan fingerprint density at radius 2 is 1.86 bits per heavy atom. The molecule has 1 saturated carbocycles. The summed E-state index contributed by atoms with van der Waals surface area (Å²) in [6.45, 7) is 8.00. The molecule has 1 saturated heterocycles. The Labute approximate surface area is 130 Å². The molecule has 0 radical (unpaired) electrons. The Morgan fingerprint density at radius 1 is 1.10 bits per heavy atom. The maximum absolute atomic E-state index is 12.5. The SMILES string of the molecule is CC(CN)CN1CCCN(C(=O)CC2CCCCC2)CC1. The lowest BCUT2D eigenvalue weighted by atomic mass is 9.86. The second kappa shape index (κ2) is 8.74. The Balaban J connectivity index is 1.74. The molecule has 1 atom stereocenters. The first-order valence-corrected chi connectivity index (χ1v) is 8.89. The van der Waals surface area contributed by atoms with Crippen LogP contribution in [-0.4, -0.2) is 55.0 Å². The van der Waals surface area contributed by atoms with Crippen LogP contribution in [0.1, 0.15) is 51.9 Å². The first-order chi connectivity index (χ1) is 10.2. The highest BCUT2D eigenvalue weighted by Gasteiger charge is 2.23. The van der Waals surface area contributed by atoms with Crippen molar-refractivity contribution in [2.45, 2.75) is 51.9 Å². The summed E-state index contributed by atoms with van der Waals surface area (Å²) in [6, 6.07) is 0. The van der Waals surface area contributed by atoms with E-state index in [0.29, 0.717) is 17.7 Å². The fraction of sp³-hybridized carbons (Fsp3) is 0.941. The third-order valence-corrected chi connectivity index (χ3v) is 5.10. The highest BCUT2D eigenvalue weighted by molar-refractivity contribution is 5.76. The topological polar surface area (TPSA) is 49.6 Å². The number of nitrogens with zero attached hydrogens (tertiary/aromatic N) is 2. The molecule has 1 aliphatic heterocycles. The average Bonchev–Trinajstić information content (AvgIpc) is 2.74. The molecular formula is C17H33N3O. The van der Waals surface area contributed by atoms with Crippen molar-refractivity contribution in [2.75, 3.05) is 39.3 Å². The van der Waals surface area contributed by atoms with Gasteiger partial charge in [0.05, 0.1) is 0 Å². The highest BCUT2D eigenvalue weighted by atomic mass is 16.2. The third-order valence-electron chi connectivity index (χ3n) is 5.10. The number of carbonyl (C=O) groups excluding carboxylic acids is 1. The summed E-state index contributed by atoms with van der Waals surface area (Å²) in [7, 11) is 0. The van der Waals surface area contributed by atoms with Gasteiger partial charge in [-0.15, -0.1) is 0 Å². The average molecular weight is 295 g/mol. The van der Waals surface area contributed by atoms with E-state index in [1.165, 1.54) is 32.1 Å². The second-order valence-electron chi connectivity index (χ2n) is 7.08. The van der Waals surface area contributed by atoms with Gasteiger partial charge in [-0.25, -0.2) is 0 Å². The minimum Gasteiger partial charge on any atom is -0.341 e. The van der Waals surface area contributed by atoms with Gasteiger partial charge in [-0.1, -0.05) is 26.2 Å². The zero-order chi connectivity index (χ0) is 15.1. The molecule has 4 heteroatoms. The van der Waals surface area contributed by atoms with Crippen LogP contribution >= 0.6 is 0 Å². The molecule has 2 N–H and O–H groups in total. The summed E-state index contributed by atoms with van der Waals surface area (Å²) in [5.41, 5.74) is 5.72. The Bertz CT molecular complexity index is 315. The van der Waals surface area contributed by atoms with Gasteiger partial charge in [-0.3, -0.25) is 4.79 Å². The Hall–Kier alpha value is -0.610. The monoisotopic (exact) mass is 295 g/mol. The molecule has 1 aliphatic carbocycles. The van der Waals surface area contributed by atoms with Crippen molar-refractivity contribution in [3.8, 4) is 0 Å². The van der Waals surface area contributed by atoms with Gasteiger partial charge in [-0.2, -0.15) is 0 Å². The quantitative estimate of drug-likeness (QED) is 0.845. The van der Waals surface area contributed by atoms with Crippen molar-refractivity contribution in [1.82, 2.24) is 9.80 Å². The molecule has 21 heavy (non-hydrogen) atoms. The minimum absolute atomic E-state index is 0.399. The lowest BCUT2D eigenvalue weighted by Gasteiger charge is -2.26. The van der Waals surface area contributed by atoms with Gasteiger partial charge in [0.2, 0.25) is 5.91 Å². The van der Waals surface area contributed by atoms with Crippen LogP contribution in [0.5, 0.6) is 0 Å². The number of carbonyl (C=O) groups is 1. The molecule has 122 valence electrons. The summed E-state index contributed by atoms with van der Waals surface area (Å²) >= 11 is 0. The van der Waals surface area contributed by atoms with Crippen molar-refractivity contribution in [2.24, 2.45) is 17.6 Å². The summed E-state index contributed by atoms with van der Waals surface area (Å²) in [6.07, 6.45) is 8.43. The van der Waals surface area contributed by atoms with Crippen LogP contribution in [-0.2, 0) is 4.79 Å². The van der Waals surface area contributed by atoms with E-state index in [1.54, 1.807) is 0 Å². The largest absolute Gasteiger partial charge is 0.341 e. The van der Waals surface area contributed by atoms with E-state index in [-0.39, 0.29) is 0 Å². The van der Waals surface area contributed by atoms with Crippen LogP contribution in [0.15, 0.2) is 0 Å². The fourth-order valence-electron chi connectivity index (χ4n) is 3.69. The van der Waals surface area contributed by atoms with Crippen molar-refractivity contribution in [1.29, 1.82) is 0 Å². The zero-order valence-electron chi connectivity index (χ0n) is 13.7. The van der Waals surface area contributed by atoms with Crippen LogP contribution in [0.3, 0.4) is 0 Å². The van der Waals surface area contributed by atoms with E-state index in [1.807, 2.05) is 0 Å². The fourth-order valence-corrected chi connectivity index (χ4v) is 3.69. The molecule has 1 heterocycles. The molecule has 0 aromatic carbocycles. The van der Waals surface area contributed by atoms with Crippen LogP contribution in [0.2, 0.25) is 0 Å². The summed E-state index contributed by atoms with van der Waals surface area (Å²) in [5, 5.41) is 0. The standard InChI is InChI=1S/C17H33N3O/c1-15(13-18)14-19-8-5-9-20(11-10-19)17(21)12-16-6-3-2-4-7-16/h15-16H,2-14,18H2,1H3. The summed E-state index contributed by atoms with van der Waals surface area (Å²) in [5.74, 6) is 1.60. The maximum atomic E-state index is 12.5. The lowest BCUT2D eigenvalue weighted by molar-refractivity contribution is -0.132. The van der Waals surface area contributed by atoms with Crippen molar-refractivity contribution < 1.29 is 4.79 Å². The van der Waals surface area contributed by atoms with E-state index in [4.69, 9.17) is 5.73 Å². The molecule has 0 spiro atoms. The van der Waals surface area contributed by atoms with Crippen LogP contribution in [0.4, 0.5) is 0 Å². The number of hydrogen-bond acceptors (Lipinski definition) is 3. The lowest BCUT2D eigenvalue weighted by Crippen LogP contribution is -2.37. The Kier molecular flexibility index (Phi) is 6.97. The van der Waals surface area contributed by atoms with Gasteiger partial charge < -0.3 is 15.5 Å². The van der Waals surface area contributed by atoms with E-state index in [0.717, 1.165) is 52.1 Å². The maximum Gasteiger partial charge on any atom is 0.222 e. The number of rotatable bonds is 5. The molecule has 0 aromatic rings. The van der Waals surface area contributed by atoms with Gasteiger partial charge >= 0.3 is 0 Å². The predicted octanol–water partition coefficient (Wildman–Crippen LogP) is 2.09. The van der Waals surface area contributed by atoms with Crippen molar-refractivity contribution >= 4 is 5.91 Å². The normalized spacial score (nSPS) is 23.8. The molecule has 0 bridgehead atoms. The smallest absolute Gasteiger partial charge is 0.222 e. The predicted molar refractivity (Wildman–Crippen MR) is 87.0 cm³/mol. The molecule has 1 amide bonds. The number of amides is 1. The van der Waals surface area contributed by atoms with Crippen molar-refractivity contribution in [3.63, 3.8) is 0 Å².